The van der Waals surface area contributed by atoms with Crippen LogP contribution in [0.5, 0.6) is 0 Å². The van der Waals surface area contributed by atoms with E-state index >= 15 is 0 Å². The summed E-state index contributed by atoms with van der Waals surface area (Å²) in [5.74, 6) is 1.12. The molecule has 0 saturated carbocycles. The first kappa shape index (κ1) is 18.3. The van der Waals surface area contributed by atoms with Crippen molar-refractivity contribution in [3.8, 4) is 0 Å². The van der Waals surface area contributed by atoms with Gasteiger partial charge in [-0.3, -0.25) is 4.99 Å². The molecule has 0 aliphatic rings. The maximum Gasteiger partial charge on any atom is 0.264 e. The Labute approximate surface area is 146 Å². The van der Waals surface area contributed by atoms with Gasteiger partial charge in [0.15, 0.2) is 0 Å². The molecule has 0 unspecified atom stereocenters. The Balaban J connectivity index is 1.77. The van der Waals surface area contributed by atoms with Crippen LogP contribution in [0.1, 0.15) is 6.42 Å². The van der Waals surface area contributed by atoms with Gasteiger partial charge in [0.1, 0.15) is 0 Å². The molecule has 0 saturated heterocycles. The number of aromatic nitrogens is 1. The van der Waals surface area contributed by atoms with Crippen molar-refractivity contribution in [3.05, 3.63) is 54.7 Å². The lowest BCUT2D eigenvalue weighted by Crippen LogP contribution is -2.41. The number of aliphatic imine (C=N–C) groups is 1. The number of guanidine groups is 1. The first-order valence-corrected chi connectivity index (χ1v) is 9.91. The van der Waals surface area contributed by atoms with Crippen molar-refractivity contribution in [1.82, 2.24) is 15.0 Å². The number of nitrogens with one attached hydrogen (secondary N) is 2. The Morgan fingerprint density at radius 1 is 1.17 bits per heavy atom. The molecule has 6 nitrogen and oxygen atoms in total. The van der Waals surface area contributed by atoms with Crippen LogP contribution in [-0.4, -0.2) is 38.7 Å². The summed E-state index contributed by atoms with van der Waals surface area (Å²) in [6.07, 6.45) is 2.62. The summed E-state index contributed by atoms with van der Waals surface area (Å²) in [6.45, 7) is 0.615. The number of nitrogens with zero attached hydrogens (tertiary/aromatic N) is 2. The van der Waals surface area contributed by atoms with Gasteiger partial charge < -0.3 is 5.32 Å². The fourth-order valence-electron chi connectivity index (χ4n) is 1.83. The number of benzene rings is 1. The van der Waals surface area contributed by atoms with Gasteiger partial charge in [0.2, 0.25) is 5.96 Å². The minimum absolute atomic E-state index is 0.207. The molecular formula is C16H20N4O2S2. The summed E-state index contributed by atoms with van der Waals surface area (Å²) in [4.78, 5) is 8.39. The predicted molar refractivity (Wildman–Crippen MR) is 97.7 cm³/mol. The van der Waals surface area contributed by atoms with Crippen LogP contribution >= 0.6 is 11.8 Å². The Morgan fingerprint density at radius 2 is 1.92 bits per heavy atom. The molecule has 0 radical (unpaired) electrons. The molecule has 0 aliphatic heterocycles. The van der Waals surface area contributed by atoms with Gasteiger partial charge >= 0.3 is 0 Å². The van der Waals surface area contributed by atoms with Crippen LogP contribution in [0.3, 0.4) is 0 Å². The third kappa shape index (κ3) is 5.86. The van der Waals surface area contributed by atoms with Crippen molar-refractivity contribution >= 4 is 27.7 Å². The second kappa shape index (κ2) is 9.29. The van der Waals surface area contributed by atoms with E-state index in [-0.39, 0.29) is 10.9 Å². The molecule has 128 valence electrons. The van der Waals surface area contributed by atoms with Crippen molar-refractivity contribution < 1.29 is 8.42 Å². The third-order valence-electron chi connectivity index (χ3n) is 3.01. The van der Waals surface area contributed by atoms with Crippen molar-refractivity contribution in [3.63, 3.8) is 0 Å². The van der Waals surface area contributed by atoms with Crippen LogP contribution in [0.2, 0.25) is 0 Å². The molecule has 2 N–H and O–H groups in total. The van der Waals surface area contributed by atoms with Gasteiger partial charge in [-0.05, 0) is 30.7 Å². The minimum atomic E-state index is -3.62. The monoisotopic (exact) mass is 364 g/mol. The fraction of sp³-hybridized carbons (Fsp3) is 0.250. The maximum atomic E-state index is 12.2. The molecule has 24 heavy (non-hydrogen) atoms. The predicted octanol–water partition coefficient (Wildman–Crippen LogP) is 2.12. The molecule has 0 fully saturated rings. The Hall–Kier alpha value is -2.06. The molecule has 1 aromatic heterocycles. The number of hydrogen-bond acceptors (Lipinski definition) is 5. The average Bonchev–Trinajstić information content (AvgIpc) is 2.62. The molecule has 1 heterocycles. The second-order valence-electron chi connectivity index (χ2n) is 4.79. The number of sulfonamides is 1. The Bertz CT molecular complexity index is 750. The summed E-state index contributed by atoms with van der Waals surface area (Å²) in [5.41, 5.74) is 0. The van der Waals surface area contributed by atoms with Gasteiger partial charge in [-0.2, -0.15) is 0 Å². The smallest absolute Gasteiger partial charge is 0.264 e. The van der Waals surface area contributed by atoms with Gasteiger partial charge in [0, 0.05) is 25.5 Å². The summed E-state index contributed by atoms with van der Waals surface area (Å²) >= 11 is 1.66. The van der Waals surface area contributed by atoms with Crippen LogP contribution < -0.4 is 10.0 Å². The molecule has 1 aromatic carbocycles. The van der Waals surface area contributed by atoms with E-state index in [1.807, 2.05) is 18.2 Å². The van der Waals surface area contributed by atoms with E-state index in [1.165, 1.54) is 0 Å². The van der Waals surface area contributed by atoms with E-state index in [0.29, 0.717) is 6.54 Å². The summed E-state index contributed by atoms with van der Waals surface area (Å²) in [6, 6.07) is 14.0. The zero-order valence-electron chi connectivity index (χ0n) is 13.3. The number of rotatable bonds is 7. The molecular weight excluding hydrogens is 344 g/mol. The van der Waals surface area contributed by atoms with E-state index < -0.39 is 10.0 Å². The van der Waals surface area contributed by atoms with E-state index in [2.05, 4.69) is 20.0 Å². The first-order valence-electron chi connectivity index (χ1n) is 7.44. The highest BCUT2D eigenvalue weighted by Gasteiger charge is 2.15. The summed E-state index contributed by atoms with van der Waals surface area (Å²) in [5, 5.41) is 3.99. The van der Waals surface area contributed by atoms with Crippen LogP contribution in [0.4, 0.5) is 0 Å². The average molecular weight is 364 g/mol. The Morgan fingerprint density at radius 3 is 2.58 bits per heavy atom. The lowest BCUT2D eigenvalue weighted by atomic mass is 10.4. The summed E-state index contributed by atoms with van der Waals surface area (Å²) in [7, 11) is -2.08. The zero-order valence-corrected chi connectivity index (χ0v) is 15.0. The SMILES string of the molecule is CN=C(NCCCSc1ccccn1)NS(=O)(=O)c1ccccc1. The molecule has 0 atom stereocenters. The van der Waals surface area contributed by atoms with Crippen LogP contribution in [-0.2, 0) is 10.0 Å². The van der Waals surface area contributed by atoms with Crippen LogP contribution in [0.15, 0.2) is 69.6 Å². The molecule has 0 aliphatic carbocycles. The first-order chi connectivity index (χ1) is 11.6. The van der Waals surface area contributed by atoms with E-state index in [1.54, 1.807) is 55.3 Å². The zero-order chi connectivity index (χ0) is 17.3. The van der Waals surface area contributed by atoms with Gasteiger partial charge in [0.05, 0.1) is 9.92 Å². The quantitative estimate of drug-likeness (QED) is 0.340. The number of thioether (sulfide) groups is 1. The van der Waals surface area contributed by atoms with Crippen molar-refractivity contribution in [2.24, 2.45) is 4.99 Å². The van der Waals surface area contributed by atoms with Crippen LogP contribution in [0.25, 0.3) is 0 Å². The highest BCUT2D eigenvalue weighted by atomic mass is 32.2. The van der Waals surface area contributed by atoms with Gasteiger partial charge in [-0.25, -0.2) is 18.1 Å². The third-order valence-corrected chi connectivity index (χ3v) is 5.39. The van der Waals surface area contributed by atoms with Gasteiger partial charge in [-0.15, -0.1) is 11.8 Å². The molecule has 0 amide bonds. The topological polar surface area (TPSA) is 83.4 Å². The van der Waals surface area contributed by atoms with Gasteiger partial charge in [0.25, 0.3) is 10.0 Å². The van der Waals surface area contributed by atoms with E-state index in [9.17, 15) is 8.42 Å². The minimum Gasteiger partial charge on any atom is -0.356 e. The molecule has 2 rings (SSSR count). The summed E-state index contributed by atoms with van der Waals surface area (Å²) < 4.78 is 26.9. The van der Waals surface area contributed by atoms with E-state index in [0.717, 1.165) is 17.2 Å². The van der Waals surface area contributed by atoms with Crippen molar-refractivity contribution in [2.75, 3.05) is 19.3 Å². The second-order valence-corrected chi connectivity index (χ2v) is 7.59. The van der Waals surface area contributed by atoms with Crippen molar-refractivity contribution in [2.45, 2.75) is 16.3 Å². The lowest BCUT2D eigenvalue weighted by molar-refractivity contribution is 0.591. The molecule has 8 heteroatoms. The Kier molecular flexibility index (Phi) is 7.07. The lowest BCUT2D eigenvalue weighted by Gasteiger charge is -2.12. The fourth-order valence-corrected chi connectivity index (χ4v) is 3.69. The molecule has 0 spiro atoms. The number of hydrogen-bond donors (Lipinski definition) is 2. The standard InChI is InChI=1S/C16H20N4O2S2/c1-17-16(20-24(21,22)14-8-3-2-4-9-14)19-12-7-13-23-15-10-5-6-11-18-15/h2-6,8-11H,7,12-13H2,1H3,(H2,17,19,20). The van der Waals surface area contributed by atoms with Crippen LogP contribution in [0, 0.1) is 0 Å². The molecule has 0 bridgehead atoms. The van der Waals surface area contributed by atoms with Crippen molar-refractivity contribution in [1.29, 1.82) is 0 Å². The maximum absolute atomic E-state index is 12.2. The van der Waals surface area contributed by atoms with E-state index in [4.69, 9.17) is 0 Å². The highest BCUT2D eigenvalue weighted by molar-refractivity contribution is 7.99. The van der Waals surface area contributed by atoms with Gasteiger partial charge in [-0.1, -0.05) is 24.3 Å². The largest absolute Gasteiger partial charge is 0.356 e. The number of pyridine rings is 1. The molecule has 2 aromatic rings. The normalized spacial score (nSPS) is 12.0. The highest BCUT2D eigenvalue weighted by Crippen LogP contribution is 2.14.